The van der Waals surface area contributed by atoms with Crippen LogP contribution in [0.2, 0.25) is 5.02 Å². The number of ether oxygens (including phenoxy) is 1. The molecule has 3 nitrogen and oxygen atoms in total. The Morgan fingerprint density at radius 3 is 2.79 bits per heavy atom. The summed E-state index contributed by atoms with van der Waals surface area (Å²) < 4.78 is 6.06. The Hall–Kier alpha value is -1.39. The molecule has 0 amide bonds. The summed E-state index contributed by atoms with van der Waals surface area (Å²) in [6, 6.07) is 10.7. The Morgan fingerprint density at radius 2 is 2.05 bits per heavy atom. The largest absolute Gasteiger partial charge is 0.508 e. The predicted octanol–water partition coefficient (Wildman–Crippen LogP) is 4.43. The minimum atomic E-state index is 0.245. The van der Waals surface area contributed by atoms with Crippen molar-refractivity contribution in [2.75, 3.05) is 12.4 Å². The summed E-state index contributed by atoms with van der Waals surface area (Å²) in [7, 11) is 1.60. The van der Waals surface area contributed by atoms with E-state index in [0.717, 1.165) is 21.5 Å². The van der Waals surface area contributed by atoms with E-state index in [0.29, 0.717) is 11.6 Å². The second kappa shape index (κ2) is 6.17. The van der Waals surface area contributed by atoms with E-state index >= 15 is 0 Å². The van der Waals surface area contributed by atoms with Crippen LogP contribution < -0.4 is 10.1 Å². The first-order valence-electron chi connectivity index (χ1n) is 5.65. The Labute approximate surface area is 125 Å². The van der Waals surface area contributed by atoms with E-state index in [4.69, 9.17) is 16.3 Å². The molecule has 2 rings (SSSR count). The maximum Gasteiger partial charge on any atom is 0.121 e. The van der Waals surface area contributed by atoms with E-state index in [1.165, 1.54) is 0 Å². The highest BCUT2D eigenvalue weighted by Gasteiger charge is 2.05. The fraction of sp³-hybridized carbons (Fsp3) is 0.143. The van der Waals surface area contributed by atoms with Crippen LogP contribution >= 0.6 is 27.5 Å². The number of phenols is 1. The van der Waals surface area contributed by atoms with Gasteiger partial charge in [0.1, 0.15) is 11.5 Å². The SMILES string of the molecule is COc1ccc(Cl)c(NCc2cc(Br)ccc2O)c1. The van der Waals surface area contributed by atoms with Crippen molar-refractivity contribution in [3.63, 3.8) is 0 Å². The Kier molecular flexibility index (Phi) is 4.56. The zero-order valence-corrected chi connectivity index (χ0v) is 12.6. The molecule has 0 bridgehead atoms. The van der Waals surface area contributed by atoms with Crippen molar-refractivity contribution in [3.8, 4) is 11.5 Å². The number of rotatable bonds is 4. The molecule has 2 N–H and O–H groups in total. The monoisotopic (exact) mass is 341 g/mol. The standard InChI is InChI=1S/C14H13BrClNO2/c1-19-11-3-4-12(16)13(7-11)17-8-9-6-10(15)2-5-14(9)18/h2-7,17-18H,8H2,1H3. The molecule has 0 unspecified atom stereocenters. The van der Waals surface area contributed by atoms with E-state index in [9.17, 15) is 5.11 Å². The summed E-state index contributed by atoms with van der Waals surface area (Å²) in [6.07, 6.45) is 0. The third-order valence-corrected chi connectivity index (χ3v) is 3.51. The van der Waals surface area contributed by atoms with Gasteiger partial charge >= 0.3 is 0 Å². The molecule has 0 atom stereocenters. The fourth-order valence-corrected chi connectivity index (χ4v) is 2.25. The lowest BCUT2D eigenvalue weighted by molar-refractivity contribution is 0.415. The highest BCUT2D eigenvalue weighted by Crippen LogP contribution is 2.28. The second-order valence-electron chi connectivity index (χ2n) is 3.97. The molecule has 0 fully saturated rings. The van der Waals surface area contributed by atoms with Crippen LogP contribution in [0.1, 0.15) is 5.56 Å². The Bertz CT molecular complexity index is 590. The first kappa shape index (κ1) is 14.0. The van der Waals surface area contributed by atoms with Crippen LogP contribution in [0.25, 0.3) is 0 Å². The zero-order chi connectivity index (χ0) is 13.8. The first-order chi connectivity index (χ1) is 9.10. The Morgan fingerprint density at radius 1 is 1.26 bits per heavy atom. The predicted molar refractivity (Wildman–Crippen MR) is 81.1 cm³/mol. The highest BCUT2D eigenvalue weighted by molar-refractivity contribution is 9.10. The van der Waals surface area contributed by atoms with Crippen LogP contribution in [-0.2, 0) is 6.54 Å². The van der Waals surface area contributed by atoms with Crippen LogP contribution in [0.3, 0.4) is 0 Å². The van der Waals surface area contributed by atoms with E-state index in [1.54, 1.807) is 31.4 Å². The third kappa shape index (κ3) is 3.55. The molecule has 19 heavy (non-hydrogen) atoms. The molecule has 0 spiro atoms. The number of halogens is 2. The van der Waals surface area contributed by atoms with Crippen LogP contribution in [-0.4, -0.2) is 12.2 Å². The van der Waals surface area contributed by atoms with Gasteiger partial charge in [-0.2, -0.15) is 0 Å². The van der Waals surface area contributed by atoms with Crippen LogP contribution in [0.4, 0.5) is 5.69 Å². The number of benzene rings is 2. The average molecular weight is 343 g/mol. The minimum absolute atomic E-state index is 0.245. The van der Waals surface area contributed by atoms with Crippen molar-refractivity contribution in [1.82, 2.24) is 0 Å². The molecule has 0 aliphatic heterocycles. The van der Waals surface area contributed by atoms with E-state index in [-0.39, 0.29) is 5.75 Å². The fourth-order valence-electron chi connectivity index (χ4n) is 1.65. The van der Waals surface area contributed by atoms with Gasteiger partial charge in [-0.05, 0) is 30.3 Å². The van der Waals surface area contributed by atoms with Gasteiger partial charge in [-0.25, -0.2) is 0 Å². The number of anilines is 1. The maximum atomic E-state index is 9.76. The summed E-state index contributed by atoms with van der Waals surface area (Å²) in [6.45, 7) is 0.470. The lowest BCUT2D eigenvalue weighted by Crippen LogP contribution is -2.00. The third-order valence-electron chi connectivity index (χ3n) is 2.68. The van der Waals surface area contributed by atoms with Crippen molar-refractivity contribution in [2.24, 2.45) is 0 Å². The van der Waals surface area contributed by atoms with Crippen molar-refractivity contribution in [3.05, 3.63) is 51.5 Å². The molecule has 5 heteroatoms. The van der Waals surface area contributed by atoms with Crippen molar-refractivity contribution in [2.45, 2.75) is 6.54 Å². The van der Waals surface area contributed by atoms with Crippen LogP contribution in [0.15, 0.2) is 40.9 Å². The van der Waals surface area contributed by atoms with Crippen molar-refractivity contribution >= 4 is 33.2 Å². The number of methoxy groups -OCH3 is 1. The van der Waals surface area contributed by atoms with E-state index in [2.05, 4.69) is 21.2 Å². The minimum Gasteiger partial charge on any atom is -0.508 e. The summed E-state index contributed by atoms with van der Waals surface area (Å²) in [5.41, 5.74) is 1.55. The molecular weight excluding hydrogens is 330 g/mol. The molecule has 0 aliphatic rings. The molecular formula is C14H13BrClNO2. The summed E-state index contributed by atoms with van der Waals surface area (Å²) in [5, 5.41) is 13.6. The summed E-state index contributed by atoms with van der Waals surface area (Å²) in [4.78, 5) is 0. The van der Waals surface area contributed by atoms with Gasteiger partial charge < -0.3 is 15.2 Å². The lowest BCUT2D eigenvalue weighted by Gasteiger charge is -2.11. The normalized spacial score (nSPS) is 10.3. The quantitative estimate of drug-likeness (QED) is 0.863. The van der Waals surface area contributed by atoms with Gasteiger partial charge in [0.05, 0.1) is 17.8 Å². The van der Waals surface area contributed by atoms with Crippen molar-refractivity contribution in [1.29, 1.82) is 0 Å². The molecule has 2 aromatic carbocycles. The van der Waals surface area contributed by atoms with Crippen LogP contribution in [0.5, 0.6) is 11.5 Å². The lowest BCUT2D eigenvalue weighted by atomic mass is 10.2. The molecule has 2 aromatic rings. The topological polar surface area (TPSA) is 41.5 Å². The highest BCUT2D eigenvalue weighted by atomic mass is 79.9. The van der Waals surface area contributed by atoms with E-state index < -0.39 is 0 Å². The molecule has 0 saturated carbocycles. The van der Waals surface area contributed by atoms with Crippen LogP contribution in [0, 0.1) is 0 Å². The van der Waals surface area contributed by atoms with Crippen molar-refractivity contribution < 1.29 is 9.84 Å². The van der Waals surface area contributed by atoms with Gasteiger partial charge in [-0.15, -0.1) is 0 Å². The second-order valence-corrected chi connectivity index (χ2v) is 5.30. The molecule has 0 radical (unpaired) electrons. The number of nitrogens with one attached hydrogen (secondary N) is 1. The van der Waals surface area contributed by atoms with Gasteiger partial charge in [0.2, 0.25) is 0 Å². The summed E-state index contributed by atoms with van der Waals surface area (Å²) >= 11 is 9.48. The summed E-state index contributed by atoms with van der Waals surface area (Å²) in [5.74, 6) is 0.972. The zero-order valence-electron chi connectivity index (χ0n) is 10.3. The average Bonchev–Trinajstić information content (AvgIpc) is 2.41. The van der Waals surface area contributed by atoms with Gasteiger partial charge in [-0.3, -0.25) is 0 Å². The molecule has 0 aromatic heterocycles. The van der Waals surface area contributed by atoms with Gasteiger partial charge in [0.15, 0.2) is 0 Å². The number of hydrogen-bond acceptors (Lipinski definition) is 3. The first-order valence-corrected chi connectivity index (χ1v) is 6.82. The molecule has 0 saturated heterocycles. The smallest absolute Gasteiger partial charge is 0.121 e. The van der Waals surface area contributed by atoms with Gasteiger partial charge in [0.25, 0.3) is 0 Å². The Balaban J connectivity index is 2.16. The molecule has 0 aliphatic carbocycles. The van der Waals surface area contributed by atoms with Gasteiger partial charge in [-0.1, -0.05) is 27.5 Å². The van der Waals surface area contributed by atoms with Gasteiger partial charge in [0, 0.05) is 22.6 Å². The molecule has 0 heterocycles. The molecule has 100 valence electrons. The number of aromatic hydroxyl groups is 1. The number of hydrogen-bond donors (Lipinski definition) is 2. The maximum absolute atomic E-state index is 9.76. The van der Waals surface area contributed by atoms with E-state index in [1.807, 2.05) is 12.1 Å². The number of phenolic OH excluding ortho intramolecular Hbond substituents is 1.